The summed E-state index contributed by atoms with van der Waals surface area (Å²) in [6, 6.07) is 0. The summed E-state index contributed by atoms with van der Waals surface area (Å²) in [5, 5.41) is 0. The predicted molar refractivity (Wildman–Crippen MR) is 51.3 cm³/mol. The molecule has 2 nitrogen and oxygen atoms in total. The van der Waals surface area contributed by atoms with Crippen LogP contribution in [0.4, 0.5) is 0 Å². The molecular formula is C10H21NO. The lowest BCUT2D eigenvalue weighted by atomic mass is 9.96. The van der Waals surface area contributed by atoms with Crippen molar-refractivity contribution in [2.75, 3.05) is 32.8 Å². The minimum atomic E-state index is 0.729. The minimum absolute atomic E-state index is 0.729. The standard InChI is InChI=1S/C10H21NO/c1-4-11-5-6-12-8-10(7-11)9(2)3/h9-10H,4-8H2,1-3H3. The minimum Gasteiger partial charge on any atom is -0.380 e. The summed E-state index contributed by atoms with van der Waals surface area (Å²) >= 11 is 0. The Bertz CT molecular complexity index is 125. The van der Waals surface area contributed by atoms with E-state index in [0.29, 0.717) is 0 Å². The van der Waals surface area contributed by atoms with Gasteiger partial charge < -0.3 is 9.64 Å². The van der Waals surface area contributed by atoms with Crippen molar-refractivity contribution in [1.29, 1.82) is 0 Å². The second-order valence-electron chi connectivity index (χ2n) is 3.97. The van der Waals surface area contributed by atoms with Crippen LogP contribution in [-0.2, 0) is 4.74 Å². The van der Waals surface area contributed by atoms with E-state index in [1.807, 2.05) is 0 Å². The lowest BCUT2D eigenvalue weighted by Crippen LogP contribution is -2.31. The van der Waals surface area contributed by atoms with Crippen LogP contribution in [0.1, 0.15) is 20.8 Å². The van der Waals surface area contributed by atoms with Crippen molar-refractivity contribution in [1.82, 2.24) is 4.90 Å². The SMILES string of the molecule is CCN1CCOCC(C(C)C)C1. The van der Waals surface area contributed by atoms with Gasteiger partial charge in [-0.1, -0.05) is 20.8 Å². The van der Waals surface area contributed by atoms with Crippen molar-refractivity contribution in [2.45, 2.75) is 20.8 Å². The number of ether oxygens (including phenoxy) is 1. The van der Waals surface area contributed by atoms with Crippen molar-refractivity contribution in [3.8, 4) is 0 Å². The topological polar surface area (TPSA) is 12.5 Å². The highest BCUT2D eigenvalue weighted by atomic mass is 16.5. The van der Waals surface area contributed by atoms with Gasteiger partial charge in [-0.15, -0.1) is 0 Å². The summed E-state index contributed by atoms with van der Waals surface area (Å²) in [5.41, 5.74) is 0. The van der Waals surface area contributed by atoms with Gasteiger partial charge in [-0.25, -0.2) is 0 Å². The lowest BCUT2D eigenvalue weighted by Gasteiger charge is -2.23. The van der Waals surface area contributed by atoms with Crippen LogP contribution in [-0.4, -0.2) is 37.7 Å². The Hall–Kier alpha value is -0.0800. The average Bonchev–Trinajstić information content (AvgIpc) is 2.28. The molecule has 2 heteroatoms. The van der Waals surface area contributed by atoms with Crippen LogP contribution in [0.2, 0.25) is 0 Å². The maximum atomic E-state index is 5.56. The van der Waals surface area contributed by atoms with E-state index in [1.54, 1.807) is 0 Å². The third-order valence-electron chi connectivity index (χ3n) is 2.77. The van der Waals surface area contributed by atoms with Gasteiger partial charge in [-0.05, 0) is 18.4 Å². The van der Waals surface area contributed by atoms with Gasteiger partial charge >= 0.3 is 0 Å². The van der Waals surface area contributed by atoms with Crippen LogP contribution in [0, 0.1) is 11.8 Å². The van der Waals surface area contributed by atoms with E-state index in [0.717, 1.165) is 38.1 Å². The first-order valence-electron chi connectivity index (χ1n) is 5.04. The molecule has 1 saturated heterocycles. The number of nitrogens with zero attached hydrogens (tertiary/aromatic N) is 1. The molecule has 0 saturated carbocycles. The monoisotopic (exact) mass is 171 g/mol. The Labute approximate surface area is 75.9 Å². The fraction of sp³-hybridized carbons (Fsp3) is 1.00. The average molecular weight is 171 g/mol. The van der Waals surface area contributed by atoms with E-state index < -0.39 is 0 Å². The van der Waals surface area contributed by atoms with Crippen molar-refractivity contribution in [2.24, 2.45) is 11.8 Å². The van der Waals surface area contributed by atoms with E-state index in [-0.39, 0.29) is 0 Å². The van der Waals surface area contributed by atoms with Gasteiger partial charge in [0.25, 0.3) is 0 Å². The van der Waals surface area contributed by atoms with Crippen LogP contribution in [0.25, 0.3) is 0 Å². The van der Waals surface area contributed by atoms with Crippen LogP contribution in [0.3, 0.4) is 0 Å². The zero-order valence-electron chi connectivity index (χ0n) is 8.55. The molecule has 0 N–H and O–H groups in total. The second kappa shape index (κ2) is 4.83. The fourth-order valence-corrected chi connectivity index (χ4v) is 1.59. The van der Waals surface area contributed by atoms with Crippen molar-refractivity contribution >= 4 is 0 Å². The molecule has 1 heterocycles. The Morgan fingerprint density at radius 1 is 1.50 bits per heavy atom. The molecule has 1 aliphatic heterocycles. The lowest BCUT2D eigenvalue weighted by molar-refractivity contribution is 0.108. The first-order valence-corrected chi connectivity index (χ1v) is 5.04. The highest BCUT2D eigenvalue weighted by molar-refractivity contribution is 4.70. The molecule has 12 heavy (non-hydrogen) atoms. The Balaban J connectivity index is 2.42. The molecule has 0 aromatic carbocycles. The van der Waals surface area contributed by atoms with Crippen LogP contribution >= 0.6 is 0 Å². The number of hydrogen-bond acceptors (Lipinski definition) is 2. The van der Waals surface area contributed by atoms with E-state index in [1.165, 1.54) is 6.54 Å². The molecule has 0 bridgehead atoms. The summed E-state index contributed by atoms with van der Waals surface area (Å²) in [5.74, 6) is 1.48. The first-order chi connectivity index (χ1) is 5.74. The summed E-state index contributed by atoms with van der Waals surface area (Å²) in [4.78, 5) is 2.48. The Morgan fingerprint density at radius 3 is 2.83 bits per heavy atom. The van der Waals surface area contributed by atoms with Crippen molar-refractivity contribution in [3.05, 3.63) is 0 Å². The Morgan fingerprint density at radius 2 is 2.25 bits per heavy atom. The largest absolute Gasteiger partial charge is 0.380 e. The highest BCUT2D eigenvalue weighted by Crippen LogP contribution is 2.15. The van der Waals surface area contributed by atoms with Gasteiger partial charge in [0.2, 0.25) is 0 Å². The zero-order chi connectivity index (χ0) is 8.97. The molecule has 1 aliphatic rings. The quantitative estimate of drug-likeness (QED) is 0.626. The molecule has 1 rings (SSSR count). The molecule has 0 aliphatic carbocycles. The second-order valence-corrected chi connectivity index (χ2v) is 3.97. The first kappa shape index (κ1) is 10.0. The van der Waals surface area contributed by atoms with Crippen LogP contribution in [0.15, 0.2) is 0 Å². The summed E-state index contributed by atoms with van der Waals surface area (Å²) in [6.07, 6.45) is 0. The maximum absolute atomic E-state index is 5.56. The molecule has 1 atom stereocenters. The molecule has 0 aromatic heterocycles. The molecule has 1 fully saturated rings. The van der Waals surface area contributed by atoms with Gasteiger partial charge in [0.1, 0.15) is 0 Å². The third kappa shape index (κ3) is 2.76. The van der Waals surface area contributed by atoms with E-state index in [2.05, 4.69) is 25.7 Å². The summed E-state index contributed by atoms with van der Waals surface area (Å²) in [6.45, 7) is 12.1. The molecule has 1 unspecified atom stereocenters. The van der Waals surface area contributed by atoms with Gasteiger partial charge in [0, 0.05) is 13.1 Å². The van der Waals surface area contributed by atoms with Gasteiger partial charge in [0.05, 0.1) is 13.2 Å². The summed E-state index contributed by atoms with van der Waals surface area (Å²) in [7, 11) is 0. The van der Waals surface area contributed by atoms with E-state index in [4.69, 9.17) is 4.74 Å². The van der Waals surface area contributed by atoms with Gasteiger partial charge in [-0.3, -0.25) is 0 Å². The maximum Gasteiger partial charge on any atom is 0.0593 e. The molecule has 72 valence electrons. The summed E-state index contributed by atoms with van der Waals surface area (Å²) < 4.78 is 5.56. The van der Waals surface area contributed by atoms with Crippen molar-refractivity contribution < 1.29 is 4.74 Å². The number of hydrogen-bond donors (Lipinski definition) is 0. The molecule has 0 amide bonds. The molecule has 0 radical (unpaired) electrons. The van der Waals surface area contributed by atoms with E-state index in [9.17, 15) is 0 Å². The normalized spacial score (nSPS) is 27.5. The van der Waals surface area contributed by atoms with Crippen LogP contribution in [0.5, 0.6) is 0 Å². The van der Waals surface area contributed by atoms with Crippen molar-refractivity contribution in [3.63, 3.8) is 0 Å². The molecule has 0 spiro atoms. The van der Waals surface area contributed by atoms with Gasteiger partial charge in [-0.2, -0.15) is 0 Å². The molecule has 0 aromatic rings. The number of rotatable bonds is 2. The third-order valence-corrected chi connectivity index (χ3v) is 2.77. The van der Waals surface area contributed by atoms with Gasteiger partial charge in [0.15, 0.2) is 0 Å². The number of likely N-dealkylation sites (N-methyl/N-ethyl adjacent to an activating group) is 1. The Kier molecular flexibility index (Phi) is 4.02. The van der Waals surface area contributed by atoms with E-state index >= 15 is 0 Å². The highest BCUT2D eigenvalue weighted by Gasteiger charge is 2.19. The predicted octanol–water partition coefficient (Wildman–Crippen LogP) is 1.61. The fourth-order valence-electron chi connectivity index (χ4n) is 1.59. The molecular weight excluding hydrogens is 150 g/mol. The smallest absolute Gasteiger partial charge is 0.0593 e. The van der Waals surface area contributed by atoms with Crippen LogP contribution < -0.4 is 0 Å². The zero-order valence-corrected chi connectivity index (χ0v) is 8.55.